The fraction of sp³-hybridized carbons (Fsp3) is 0.364. The molecular weight excluding hydrogens is 430 g/mol. The molecule has 3 aromatic rings. The predicted octanol–water partition coefficient (Wildman–Crippen LogP) is 2.54. The van der Waals surface area contributed by atoms with E-state index in [1.165, 1.54) is 6.20 Å². The predicted molar refractivity (Wildman–Crippen MR) is 120 cm³/mol. The van der Waals surface area contributed by atoms with Gasteiger partial charge in [0.2, 0.25) is 0 Å². The monoisotopic (exact) mass is 453 g/mol. The fourth-order valence-corrected chi connectivity index (χ4v) is 4.98. The Balaban J connectivity index is 1.41. The zero-order valence-corrected chi connectivity index (χ0v) is 18.6. The van der Waals surface area contributed by atoms with Gasteiger partial charge < -0.3 is 25.4 Å². The highest BCUT2D eigenvalue weighted by Crippen LogP contribution is 2.32. The number of nitrogens with zero attached hydrogens (tertiary/aromatic N) is 3. The van der Waals surface area contributed by atoms with Crippen LogP contribution < -0.4 is 11.1 Å². The van der Waals surface area contributed by atoms with Gasteiger partial charge in [-0.15, -0.1) is 11.3 Å². The summed E-state index contributed by atoms with van der Waals surface area (Å²) in [5.41, 5.74) is 9.61. The van der Waals surface area contributed by atoms with Gasteiger partial charge in [0.05, 0.1) is 59.1 Å². The molecule has 0 saturated carbocycles. The van der Waals surface area contributed by atoms with Crippen molar-refractivity contribution in [1.82, 2.24) is 14.9 Å². The standard InChI is InChI=1S/C22H23N5O4S/c1-11-7-27(18(10-31-11)13-3-4-19-16(5-13)25-12(2)32-19)22(29)21(28)26-17-6-24-20(23)15-9-30-8-14(15)17/h3-6,11,18H,7-10H2,1-2H3,(H2,23,24)(H,26,28)/t11-,18?/m1/s1. The van der Waals surface area contributed by atoms with Crippen molar-refractivity contribution in [3.05, 3.63) is 46.1 Å². The number of amides is 2. The number of rotatable bonds is 2. The summed E-state index contributed by atoms with van der Waals surface area (Å²) < 4.78 is 12.3. The highest BCUT2D eigenvalue weighted by Gasteiger charge is 2.35. The Morgan fingerprint density at radius 3 is 2.94 bits per heavy atom. The number of pyridine rings is 1. The van der Waals surface area contributed by atoms with Gasteiger partial charge in [0.15, 0.2) is 0 Å². The second-order valence-electron chi connectivity index (χ2n) is 8.04. The van der Waals surface area contributed by atoms with E-state index < -0.39 is 11.8 Å². The van der Waals surface area contributed by atoms with Crippen LogP contribution >= 0.6 is 11.3 Å². The van der Waals surface area contributed by atoms with Gasteiger partial charge >= 0.3 is 11.8 Å². The molecule has 2 amide bonds. The lowest BCUT2D eigenvalue weighted by Crippen LogP contribution is -2.50. The van der Waals surface area contributed by atoms with E-state index in [2.05, 4.69) is 15.3 Å². The molecule has 2 aromatic heterocycles. The van der Waals surface area contributed by atoms with Gasteiger partial charge in [0.1, 0.15) is 5.82 Å². The minimum absolute atomic E-state index is 0.177. The maximum absolute atomic E-state index is 13.2. The molecule has 1 aromatic carbocycles. The van der Waals surface area contributed by atoms with Gasteiger partial charge in [0.25, 0.3) is 0 Å². The van der Waals surface area contributed by atoms with Crippen LogP contribution in [0.25, 0.3) is 10.2 Å². The third kappa shape index (κ3) is 3.70. The minimum Gasteiger partial charge on any atom is -0.383 e. The Bertz CT molecular complexity index is 1230. The fourth-order valence-electron chi connectivity index (χ4n) is 4.17. The number of nitrogens with two attached hydrogens (primary N) is 1. The molecular formula is C22H23N5O4S. The van der Waals surface area contributed by atoms with Gasteiger partial charge in [0, 0.05) is 17.7 Å². The number of ether oxygens (including phenoxy) is 2. The van der Waals surface area contributed by atoms with E-state index in [9.17, 15) is 9.59 Å². The topological polar surface area (TPSA) is 120 Å². The van der Waals surface area contributed by atoms with Crippen LogP contribution in [0.2, 0.25) is 0 Å². The maximum Gasteiger partial charge on any atom is 0.313 e. The molecule has 5 rings (SSSR count). The van der Waals surface area contributed by atoms with Crippen molar-refractivity contribution in [2.45, 2.75) is 39.2 Å². The average molecular weight is 454 g/mol. The summed E-state index contributed by atoms with van der Waals surface area (Å²) in [6.45, 7) is 5.12. The first kappa shape index (κ1) is 20.8. The first-order chi connectivity index (χ1) is 15.4. The Morgan fingerprint density at radius 2 is 2.09 bits per heavy atom. The minimum atomic E-state index is -0.727. The van der Waals surface area contributed by atoms with Gasteiger partial charge in [-0.1, -0.05) is 6.07 Å². The first-order valence-corrected chi connectivity index (χ1v) is 11.2. The second-order valence-corrected chi connectivity index (χ2v) is 9.27. The summed E-state index contributed by atoms with van der Waals surface area (Å²) in [6, 6.07) is 5.56. The van der Waals surface area contributed by atoms with Crippen LogP contribution in [0.4, 0.5) is 11.5 Å². The van der Waals surface area contributed by atoms with E-state index in [4.69, 9.17) is 15.2 Å². The molecule has 1 unspecified atom stereocenters. The number of hydrogen-bond donors (Lipinski definition) is 2. The van der Waals surface area contributed by atoms with Crippen LogP contribution in [-0.2, 0) is 32.3 Å². The quantitative estimate of drug-likeness (QED) is 0.572. The van der Waals surface area contributed by atoms with Crippen molar-refractivity contribution in [2.75, 3.05) is 24.2 Å². The number of nitrogen functional groups attached to an aromatic ring is 1. The number of fused-ring (bicyclic) bond motifs is 2. The maximum atomic E-state index is 13.2. The number of hydrogen-bond acceptors (Lipinski definition) is 8. The van der Waals surface area contributed by atoms with E-state index >= 15 is 0 Å². The van der Waals surface area contributed by atoms with Crippen LogP contribution in [-0.4, -0.2) is 45.9 Å². The van der Waals surface area contributed by atoms with Crippen molar-refractivity contribution in [1.29, 1.82) is 0 Å². The van der Waals surface area contributed by atoms with Crippen LogP contribution in [0, 0.1) is 6.92 Å². The number of morpholine rings is 1. The molecule has 1 fully saturated rings. The molecule has 1 saturated heterocycles. The average Bonchev–Trinajstić information content (AvgIpc) is 3.41. The highest BCUT2D eigenvalue weighted by molar-refractivity contribution is 7.18. The number of anilines is 2. The number of thiazole rings is 1. The van der Waals surface area contributed by atoms with Crippen molar-refractivity contribution in [2.24, 2.45) is 0 Å². The molecule has 2 aliphatic rings. The number of aromatic nitrogens is 2. The summed E-state index contributed by atoms with van der Waals surface area (Å²) >= 11 is 1.62. The van der Waals surface area contributed by atoms with E-state index in [1.807, 2.05) is 32.0 Å². The van der Waals surface area contributed by atoms with Crippen molar-refractivity contribution in [3.8, 4) is 0 Å². The van der Waals surface area contributed by atoms with Crippen LogP contribution in [0.1, 0.15) is 34.7 Å². The zero-order chi connectivity index (χ0) is 22.4. The number of nitrogens with one attached hydrogen (secondary N) is 1. The Labute approximate surface area is 188 Å². The smallest absolute Gasteiger partial charge is 0.313 e. The van der Waals surface area contributed by atoms with Gasteiger partial charge in [-0.2, -0.15) is 0 Å². The molecule has 166 valence electrons. The Kier molecular flexibility index (Phi) is 5.28. The Morgan fingerprint density at radius 1 is 1.28 bits per heavy atom. The molecule has 10 heteroatoms. The van der Waals surface area contributed by atoms with Gasteiger partial charge in [-0.3, -0.25) is 9.59 Å². The molecule has 2 atom stereocenters. The molecule has 3 N–H and O–H groups in total. The Hall–Kier alpha value is -3.08. The van der Waals surface area contributed by atoms with E-state index in [0.29, 0.717) is 37.9 Å². The third-order valence-corrected chi connectivity index (χ3v) is 6.75. The summed E-state index contributed by atoms with van der Waals surface area (Å²) in [6.07, 6.45) is 1.29. The molecule has 0 spiro atoms. The second kappa shape index (κ2) is 8.12. The van der Waals surface area contributed by atoms with Crippen LogP contribution in [0.15, 0.2) is 24.4 Å². The number of carbonyl (C=O) groups is 2. The van der Waals surface area contributed by atoms with Gasteiger partial charge in [-0.25, -0.2) is 9.97 Å². The number of aryl methyl sites for hydroxylation is 1. The molecule has 32 heavy (non-hydrogen) atoms. The SMILES string of the molecule is Cc1nc2cc(C3CO[C@H](C)CN3C(=O)C(=O)Nc3cnc(N)c4c3COC4)ccc2s1. The molecule has 0 radical (unpaired) electrons. The molecule has 0 aliphatic carbocycles. The molecule has 2 aliphatic heterocycles. The lowest BCUT2D eigenvalue weighted by molar-refractivity contribution is -0.152. The van der Waals surface area contributed by atoms with Crippen molar-refractivity contribution >= 4 is 44.9 Å². The van der Waals surface area contributed by atoms with Crippen molar-refractivity contribution in [3.63, 3.8) is 0 Å². The van der Waals surface area contributed by atoms with E-state index in [1.54, 1.807) is 16.2 Å². The normalized spacial score (nSPS) is 20.4. The summed E-state index contributed by atoms with van der Waals surface area (Å²) in [4.78, 5) is 36.4. The largest absolute Gasteiger partial charge is 0.383 e. The van der Waals surface area contributed by atoms with Crippen molar-refractivity contribution < 1.29 is 19.1 Å². The number of benzene rings is 1. The summed E-state index contributed by atoms with van der Waals surface area (Å²) in [7, 11) is 0. The molecule has 0 bridgehead atoms. The lowest BCUT2D eigenvalue weighted by Gasteiger charge is -2.38. The van der Waals surface area contributed by atoms with Crippen LogP contribution in [0.5, 0.6) is 0 Å². The van der Waals surface area contributed by atoms with Gasteiger partial charge in [-0.05, 0) is 31.5 Å². The molecule has 9 nitrogen and oxygen atoms in total. The summed E-state index contributed by atoms with van der Waals surface area (Å²) in [5, 5.41) is 3.69. The summed E-state index contributed by atoms with van der Waals surface area (Å²) in [5.74, 6) is -0.976. The lowest BCUT2D eigenvalue weighted by atomic mass is 10.0. The highest BCUT2D eigenvalue weighted by atomic mass is 32.1. The first-order valence-electron chi connectivity index (χ1n) is 10.4. The third-order valence-electron chi connectivity index (χ3n) is 5.80. The van der Waals surface area contributed by atoms with Crippen LogP contribution in [0.3, 0.4) is 0 Å². The molecule has 4 heterocycles. The number of carbonyl (C=O) groups excluding carboxylic acids is 2. The van der Waals surface area contributed by atoms with E-state index in [-0.39, 0.29) is 12.1 Å². The van der Waals surface area contributed by atoms with E-state index in [0.717, 1.165) is 31.9 Å². The zero-order valence-electron chi connectivity index (χ0n) is 17.8.